The molecular weight excluding hydrogens is 380 g/mol. The monoisotopic (exact) mass is 406 g/mol. The summed E-state index contributed by atoms with van der Waals surface area (Å²) in [6.45, 7) is 2.98. The maximum Gasteiger partial charge on any atom is 0.240 e. The molecule has 1 amide bonds. The SMILES string of the molecule is CC(NS(C)(=O)=O)C(=O)N1C[C@H]2CC(N(C)c3ncnc4[nH]ccc34)C[C@H]2C1. The third-order valence-electron chi connectivity index (χ3n) is 6.01. The zero-order valence-electron chi connectivity index (χ0n) is 16.3. The van der Waals surface area contributed by atoms with Crippen LogP contribution in [0.25, 0.3) is 11.0 Å². The molecule has 28 heavy (non-hydrogen) atoms. The smallest absolute Gasteiger partial charge is 0.240 e. The zero-order valence-corrected chi connectivity index (χ0v) is 17.1. The number of rotatable bonds is 5. The van der Waals surface area contributed by atoms with Gasteiger partial charge in [0.1, 0.15) is 17.8 Å². The minimum atomic E-state index is -3.40. The van der Waals surface area contributed by atoms with Gasteiger partial charge in [0.05, 0.1) is 17.7 Å². The molecular formula is C18H26N6O3S. The molecule has 1 aliphatic carbocycles. The Morgan fingerprint density at radius 3 is 2.64 bits per heavy atom. The average Bonchev–Trinajstić information content (AvgIpc) is 3.32. The lowest BCUT2D eigenvalue weighted by molar-refractivity contribution is -0.131. The number of nitrogens with one attached hydrogen (secondary N) is 2. The first-order valence-electron chi connectivity index (χ1n) is 9.50. The number of anilines is 1. The molecule has 1 saturated heterocycles. The Kier molecular flexibility index (Phi) is 4.78. The Morgan fingerprint density at radius 1 is 1.32 bits per heavy atom. The van der Waals surface area contributed by atoms with Crippen molar-refractivity contribution in [3.63, 3.8) is 0 Å². The van der Waals surface area contributed by atoms with Crippen molar-refractivity contribution in [3.8, 4) is 0 Å². The van der Waals surface area contributed by atoms with E-state index in [1.54, 1.807) is 13.3 Å². The fourth-order valence-electron chi connectivity index (χ4n) is 4.72. The Labute approximate surface area is 164 Å². The zero-order chi connectivity index (χ0) is 20.1. The van der Waals surface area contributed by atoms with Crippen LogP contribution in [0.15, 0.2) is 18.6 Å². The van der Waals surface area contributed by atoms with Crippen molar-refractivity contribution < 1.29 is 13.2 Å². The number of nitrogens with zero attached hydrogens (tertiary/aromatic N) is 4. The van der Waals surface area contributed by atoms with E-state index in [-0.39, 0.29) is 5.91 Å². The van der Waals surface area contributed by atoms with E-state index in [0.717, 1.165) is 35.9 Å². The Morgan fingerprint density at radius 2 is 2.00 bits per heavy atom. The molecule has 0 spiro atoms. The number of amides is 1. The first-order valence-corrected chi connectivity index (χ1v) is 11.4. The van der Waals surface area contributed by atoms with E-state index in [1.807, 2.05) is 17.2 Å². The summed E-state index contributed by atoms with van der Waals surface area (Å²) in [5.41, 5.74) is 0.833. The van der Waals surface area contributed by atoms with Crippen molar-refractivity contribution in [2.45, 2.75) is 31.8 Å². The topological polar surface area (TPSA) is 111 Å². The summed E-state index contributed by atoms with van der Waals surface area (Å²) in [6.07, 6.45) is 6.51. The summed E-state index contributed by atoms with van der Waals surface area (Å²) in [4.78, 5) is 28.5. The van der Waals surface area contributed by atoms with Crippen LogP contribution in [0.5, 0.6) is 0 Å². The molecule has 2 aliphatic rings. The number of H-pyrrole nitrogens is 1. The maximum atomic E-state index is 12.6. The number of likely N-dealkylation sites (tertiary alicyclic amines) is 1. The van der Waals surface area contributed by atoms with Gasteiger partial charge in [-0.25, -0.2) is 23.1 Å². The molecule has 3 heterocycles. The van der Waals surface area contributed by atoms with Crippen LogP contribution < -0.4 is 9.62 Å². The summed E-state index contributed by atoms with van der Waals surface area (Å²) >= 11 is 0. The normalized spacial score (nSPS) is 25.8. The van der Waals surface area contributed by atoms with Gasteiger partial charge in [0, 0.05) is 32.4 Å². The van der Waals surface area contributed by atoms with Crippen molar-refractivity contribution in [2.75, 3.05) is 31.3 Å². The summed E-state index contributed by atoms with van der Waals surface area (Å²) < 4.78 is 25.1. The highest BCUT2D eigenvalue weighted by Gasteiger charge is 2.44. The van der Waals surface area contributed by atoms with Crippen LogP contribution in [0.2, 0.25) is 0 Å². The molecule has 0 radical (unpaired) electrons. The van der Waals surface area contributed by atoms with Gasteiger partial charge in [0.2, 0.25) is 15.9 Å². The molecule has 0 bridgehead atoms. The van der Waals surface area contributed by atoms with Gasteiger partial charge < -0.3 is 14.8 Å². The molecule has 9 nitrogen and oxygen atoms in total. The second kappa shape index (κ2) is 7.00. The number of carbonyl (C=O) groups is 1. The first-order chi connectivity index (χ1) is 13.2. The van der Waals surface area contributed by atoms with Gasteiger partial charge in [0.15, 0.2) is 0 Å². The highest BCUT2D eigenvalue weighted by atomic mass is 32.2. The maximum absolute atomic E-state index is 12.6. The lowest BCUT2D eigenvalue weighted by Crippen LogP contribution is -2.46. The van der Waals surface area contributed by atoms with E-state index >= 15 is 0 Å². The van der Waals surface area contributed by atoms with Crippen LogP contribution in [-0.2, 0) is 14.8 Å². The van der Waals surface area contributed by atoms with Gasteiger partial charge in [-0.05, 0) is 37.7 Å². The van der Waals surface area contributed by atoms with E-state index in [1.165, 1.54) is 0 Å². The Bertz CT molecular complexity index is 976. The van der Waals surface area contributed by atoms with E-state index in [2.05, 4.69) is 31.6 Å². The number of aromatic amines is 1. The van der Waals surface area contributed by atoms with Crippen LogP contribution in [-0.4, -0.2) is 72.7 Å². The second-order valence-electron chi connectivity index (χ2n) is 8.05. The van der Waals surface area contributed by atoms with Crippen molar-refractivity contribution in [3.05, 3.63) is 18.6 Å². The third-order valence-corrected chi connectivity index (χ3v) is 6.80. The number of sulfonamides is 1. The number of fused-ring (bicyclic) bond motifs is 2. The quantitative estimate of drug-likeness (QED) is 0.751. The number of carbonyl (C=O) groups excluding carboxylic acids is 1. The van der Waals surface area contributed by atoms with Crippen LogP contribution >= 0.6 is 0 Å². The van der Waals surface area contributed by atoms with Crippen LogP contribution in [0.3, 0.4) is 0 Å². The average molecular weight is 407 g/mol. The molecule has 2 unspecified atom stereocenters. The fourth-order valence-corrected chi connectivity index (χ4v) is 5.47. The van der Waals surface area contributed by atoms with Gasteiger partial charge in [-0.3, -0.25) is 4.79 Å². The van der Waals surface area contributed by atoms with Gasteiger partial charge in [-0.1, -0.05) is 0 Å². The predicted octanol–water partition coefficient (Wildman–Crippen LogP) is 0.569. The second-order valence-corrected chi connectivity index (χ2v) is 9.83. The van der Waals surface area contributed by atoms with Crippen molar-refractivity contribution in [2.24, 2.45) is 11.8 Å². The minimum absolute atomic E-state index is 0.144. The Hall–Kier alpha value is -2.20. The number of hydrogen-bond donors (Lipinski definition) is 2. The van der Waals surface area contributed by atoms with Crippen molar-refractivity contribution in [1.82, 2.24) is 24.6 Å². The molecule has 1 aliphatic heterocycles. The van der Waals surface area contributed by atoms with E-state index in [9.17, 15) is 13.2 Å². The number of aromatic nitrogens is 3. The first kappa shape index (κ1) is 19.1. The van der Waals surface area contributed by atoms with E-state index < -0.39 is 16.1 Å². The number of hydrogen-bond acceptors (Lipinski definition) is 6. The predicted molar refractivity (Wildman–Crippen MR) is 106 cm³/mol. The highest BCUT2D eigenvalue weighted by molar-refractivity contribution is 7.88. The molecule has 4 atom stereocenters. The molecule has 1 saturated carbocycles. The molecule has 2 fully saturated rings. The van der Waals surface area contributed by atoms with E-state index in [4.69, 9.17) is 0 Å². The summed E-state index contributed by atoms with van der Waals surface area (Å²) in [7, 11) is -1.33. The molecule has 10 heteroatoms. The third kappa shape index (κ3) is 3.58. The van der Waals surface area contributed by atoms with Crippen molar-refractivity contribution >= 4 is 32.8 Å². The largest absolute Gasteiger partial charge is 0.356 e. The fraction of sp³-hybridized carbons (Fsp3) is 0.611. The molecule has 2 aromatic rings. The van der Waals surface area contributed by atoms with Crippen LogP contribution in [0.1, 0.15) is 19.8 Å². The van der Waals surface area contributed by atoms with Gasteiger partial charge >= 0.3 is 0 Å². The van der Waals surface area contributed by atoms with Crippen LogP contribution in [0, 0.1) is 11.8 Å². The Balaban J connectivity index is 1.40. The standard InChI is InChI=1S/C18H26N6O3S/c1-11(22-28(3,26)27)18(25)24-8-12-6-14(7-13(12)9-24)23(2)17-15-4-5-19-16(15)20-10-21-17/h4-5,10-14,22H,6-9H2,1-3H3,(H,19,20,21)/t11?,12-,13+,14?. The molecule has 4 rings (SSSR count). The summed E-state index contributed by atoms with van der Waals surface area (Å²) in [5.74, 6) is 1.65. The molecule has 2 N–H and O–H groups in total. The van der Waals surface area contributed by atoms with Crippen molar-refractivity contribution in [1.29, 1.82) is 0 Å². The van der Waals surface area contributed by atoms with Gasteiger partial charge in [0.25, 0.3) is 0 Å². The lowest BCUT2D eigenvalue weighted by Gasteiger charge is -2.28. The molecule has 152 valence electrons. The molecule has 0 aromatic carbocycles. The lowest BCUT2D eigenvalue weighted by atomic mass is 10.0. The van der Waals surface area contributed by atoms with E-state index in [0.29, 0.717) is 31.0 Å². The van der Waals surface area contributed by atoms with Crippen LogP contribution in [0.4, 0.5) is 5.82 Å². The molecule has 2 aromatic heterocycles. The highest BCUT2D eigenvalue weighted by Crippen LogP contribution is 2.41. The van der Waals surface area contributed by atoms with Gasteiger partial charge in [-0.15, -0.1) is 0 Å². The minimum Gasteiger partial charge on any atom is -0.356 e. The summed E-state index contributed by atoms with van der Waals surface area (Å²) in [5, 5.41) is 1.01. The summed E-state index contributed by atoms with van der Waals surface area (Å²) in [6, 6.07) is 1.63. The van der Waals surface area contributed by atoms with Gasteiger partial charge in [-0.2, -0.15) is 0 Å².